The number of rotatable bonds is 4. The summed E-state index contributed by atoms with van der Waals surface area (Å²) in [6.45, 7) is 0.533. The van der Waals surface area contributed by atoms with Crippen molar-refractivity contribution in [1.82, 2.24) is 25.1 Å². The molecular weight excluding hydrogens is 318 g/mol. The van der Waals surface area contributed by atoms with Crippen molar-refractivity contribution in [2.24, 2.45) is 5.92 Å². The minimum absolute atomic E-state index is 0.142. The highest BCUT2D eigenvalue weighted by Crippen LogP contribution is 2.27. The van der Waals surface area contributed by atoms with Gasteiger partial charge < -0.3 is 10.0 Å². The summed E-state index contributed by atoms with van der Waals surface area (Å²) in [6, 6.07) is 5.07. The molecule has 1 aromatic carbocycles. The van der Waals surface area contributed by atoms with Gasteiger partial charge in [-0.25, -0.2) is 4.68 Å². The minimum atomic E-state index is -0.317. The van der Waals surface area contributed by atoms with Crippen LogP contribution in [0.4, 0.5) is 0 Å². The Kier molecular flexibility index (Phi) is 4.58. The van der Waals surface area contributed by atoms with Crippen LogP contribution in [0, 0.1) is 5.92 Å². The molecule has 1 aliphatic carbocycles. The fourth-order valence-electron chi connectivity index (χ4n) is 2.97. The van der Waals surface area contributed by atoms with Crippen LogP contribution in [0.15, 0.2) is 24.5 Å². The minimum Gasteiger partial charge on any atom is -0.393 e. The molecule has 2 unspecified atom stereocenters. The molecule has 1 amide bonds. The maximum atomic E-state index is 12.6. The van der Waals surface area contributed by atoms with E-state index >= 15 is 0 Å². The summed E-state index contributed by atoms with van der Waals surface area (Å²) in [7, 11) is 1.74. The Morgan fingerprint density at radius 1 is 1.48 bits per heavy atom. The Bertz CT molecular complexity index is 691. The number of hydrogen-bond acceptors (Lipinski definition) is 5. The number of benzene rings is 1. The fraction of sp³-hybridized carbons (Fsp3) is 0.467. The maximum Gasteiger partial charge on any atom is 0.255 e. The summed E-state index contributed by atoms with van der Waals surface area (Å²) in [5.74, 6) is -0.0133. The Morgan fingerprint density at radius 3 is 2.91 bits per heavy atom. The summed E-state index contributed by atoms with van der Waals surface area (Å²) in [4.78, 5) is 14.2. The fourth-order valence-corrected chi connectivity index (χ4v) is 3.23. The summed E-state index contributed by atoms with van der Waals surface area (Å²) in [5, 5.41) is 21.2. The Hall–Kier alpha value is -1.99. The van der Waals surface area contributed by atoms with Crippen molar-refractivity contribution in [2.45, 2.75) is 25.4 Å². The number of nitrogens with zero attached hydrogens (tertiary/aromatic N) is 5. The summed E-state index contributed by atoms with van der Waals surface area (Å²) in [6.07, 6.45) is 3.91. The smallest absolute Gasteiger partial charge is 0.255 e. The monoisotopic (exact) mass is 335 g/mol. The van der Waals surface area contributed by atoms with Crippen LogP contribution >= 0.6 is 11.6 Å². The van der Waals surface area contributed by atoms with Crippen LogP contribution in [0.25, 0.3) is 5.69 Å². The number of amides is 1. The van der Waals surface area contributed by atoms with Gasteiger partial charge in [0.05, 0.1) is 22.4 Å². The SMILES string of the molecule is CN(CC1CCCC1O)C(=O)c1ccc(-n2cnnn2)cc1Cl. The van der Waals surface area contributed by atoms with Crippen molar-refractivity contribution in [3.8, 4) is 5.69 Å². The molecule has 1 N–H and O–H groups in total. The van der Waals surface area contributed by atoms with E-state index in [0.29, 0.717) is 22.8 Å². The van der Waals surface area contributed by atoms with E-state index in [0.717, 1.165) is 19.3 Å². The number of tetrazole rings is 1. The van der Waals surface area contributed by atoms with Crippen molar-refractivity contribution < 1.29 is 9.90 Å². The average molecular weight is 336 g/mol. The topological polar surface area (TPSA) is 84.1 Å². The standard InChI is InChI=1S/C15H18ClN5O2/c1-20(8-10-3-2-4-14(10)22)15(23)12-6-5-11(7-13(12)16)21-9-17-18-19-21/h5-7,9-10,14,22H,2-4,8H2,1H3. The Morgan fingerprint density at radius 2 is 2.30 bits per heavy atom. The predicted molar refractivity (Wildman–Crippen MR) is 84.5 cm³/mol. The van der Waals surface area contributed by atoms with Crippen LogP contribution in [0.2, 0.25) is 5.02 Å². The molecule has 1 saturated carbocycles. The van der Waals surface area contributed by atoms with Gasteiger partial charge in [-0.15, -0.1) is 5.10 Å². The average Bonchev–Trinajstić information content (AvgIpc) is 3.19. The molecule has 1 aliphatic rings. The lowest BCUT2D eigenvalue weighted by Gasteiger charge is -2.23. The normalized spacial score (nSPS) is 20.7. The van der Waals surface area contributed by atoms with Crippen LogP contribution in [-0.4, -0.2) is 55.8 Å². The molecule has 1 fully saturated rings. The third-order valence-corrected chi connectivity index (χ3v) is 4.58. The highest BCUT2D eigenvalue weighted by Gasteiger charge is 2.28. The van der Waals surface area contributed by atoms with Gasteiger partial charge in [-0.3, -0.25) is 4.79 Å². The molecule has 1 aromatic heterocycles. The Labute approximate surface area is 138 Å². The second-order valence-electron chi connectivity index (χ2n) is 5.86. The van der Waals surface area contributed by atoms with Crippen LogP contribution in [0.3, 0.4) is 0 Å². The second-order valence-corrected chi connectivity index (χ2v) is 6.27. The van der Waals surface area contributed by atoms with Gasteiger partial charge in [0.25, 0.3) is 5.91 Å². The molecule has 0 bridgehead atoms. The molecule has 23 heavy (non-hydrogen) atoms. The van der Waals surface area contributed by atoms with Crippen molar-refractivity contribution in [2.75, 3.05) is 13.6 Å². The zero-order chi connectivity index (χ0) is 16.4. The van der Waals surface area contributed by atoms with Gasteiger partial charge in [0.2, 0.25) is 0 Å². The molecule has 0 radical (unpaired) electrons. The van der Waals surface area contributed by atoms with Crippen LogP contribution in [0.1, 0.15) is 29.6 Å². The predicted octanol–water partition coefficient (Wildman–Crippen LogP) is 1.55. The van der Waals surface area contributed by atoms with Gasteiger partial charge in [-0.1, -0.05) is 18.0 Å². The molecule has 0 aliphatic heterocycles. The maximum absolute atomic E-state index is 12.6. The number of aliphatic hydroxyl groups is 1. The molecule has 0 saturated heterocycles. The van der Waals surface area contributed by atoms with E-state index < -0.39 is 0 Å². The zero-order valence-electron chi connectivity index (χ0n) is 12.8. The first kappa shape index (κ1) is 15.9. The second kappa shape index (κ2) is 6.64. The van der Waals surface area contributed by atoms with Gasteiger partial charge in [-0.05, 0) is 41.5 Å². The summed E-state index contributed by atoms with van der Waals surface area (Å²) >= 11 is 6.25. The van der Waals surface area contributed by atoms with Gasteiger partial charge in [0, 0.05) is 19.5 Å². The summed E-state index contributed by atoms with van der Waals surface area (Å²) < 4.78 is 1.47. The first-order chi connectivity index (χ1) is 11.1. The first-order valence-electron chi connectivity index (χ1n) is 7.52. The number of aliphatic hydroxyl groups excluding tert-OH is 1. The van der Waals surface area contributed by atoms with Crippen molar-refractivity contribution in [3.63, 3.8) is 0 Å². The van der Waals surface area contributed by atoms with Crippen molar-refractivity contribution >= 4 is 17.5 Å². The molecule has 2 atom stereocenters. The lowest BCUT2D eigenvalue weighted by molar-refractivity contribution is 0.0693. The summed E-state index contributed by atoms with van der Waals surface area (Å²) in [5.41, 5.74) is 1.11. The number of halogens is 1. The van der Waals surface area contributed by atoms with E-state index in [2.05, 4.69) is 15.5 Å². The molecule has 7 nitrogen and oxygen atoms in total. The lowest BCUT2D eigenvalue weighted by atomic mass is 10.1. The third kappa shape index (κ3) is 3.35. The van der Waals surface area contributed by atoms with Gasteiger partial charge in [0.1, 0.15) is 6.33 Å². The largest absolute Gasteiger partial charge is 0.393 e. The third-order valence-electron chi connectivity index (χ3n) is 4.27. The van der Waals surface area contributed by atoms with Gasteiger partial charge >= 0.3 is 0 Å². The van der Waals surface area contributed by atoms with E-state index in [1.165, 1.54) is 11.0 Å². The molecule has 3 rings (SSSR count). The van der Waals surface area contributed by atoms with Gasteiger partial charge in [-0.2, -0.15) is 0 Å². The molecule has 2 aromatic rings. The van der Waals surface area contributed by atoms with Crippen molar-refractivity contribution in [1.29, 1.82) is 0 Å². The van der Waals surface area contributed by atoms with E-state index in [1.807, 2.05) is 0 Å². The van der Waals surface area contributed by atoms with E-state index in [1.54, 1.807) is 30.1 Å². The number of carbonyl (C=O) groups excluding carboxylic acids is 1. The Balaban J connectivity index is 1.74. The lowest BCUT2D eigenvalue weighted by Crippen LogP contribution is -2.34. The van der Waals surface area contributed by atoms with Crippen LogP contribution in [0.5, 0.6) is 0 Å². The molecule has 1 heterocycles. The first-order valence-corrected chi connectivity index (χ1v) is 7.90. The van der Waals surface area contributed by atoms with Crippen LogP contribution < -0.4 is 0 Å². The zero-order valence-corrected chi connectivity index (χ0v) is 13.5. The van der Waals surface area contributed by atoms with E-state index in [4.69, 9.17) is 11.6 Å². The molecular formula is C15H18ClN5O2. The molecule has 122 valence electrons. The van der Waals surface area contributed by atoms with Crippen LogP contribution in [-0.2, 0) is 0 Å². The van der Waals surface area contributed by atoms with Crippen molar-refractivity contribution in [3.05, 3.63) is 35.1 Å². The molecule has 8 heteroatoms. The highest BCUT2D eigenvalue weighted by molar-refractivity contribution is 6.34. The molecule has 0 spiro atoms. The van der Waals surface area contributed by atoms with E-state index in [9.17, 15) is 9.90 Å². The number of carbonyl (C=O) groups is 1. The van der Waals surface area contributed by atoms with E-state index in [-0.39, 0.29) is 17.9 Å². The highest BCUT2D eigenvalue weighted by atomic mass is 35.5. The number of hydrogen-bond donors (Lipinski definition) is 1. The number of aromatic nitrogens is 4. The quantitative estimate of drug-likeness (QED) is 0.916. The van der Waals surface area contributed by atoms with Gasteiger partial charge in [0.15, 0.2) is 0 Å².